The van der Waals surface area contributed by atoms with Crippen LogP contribution in [-0.2, 0) is 21.5 Å². The van der Waals surface area contributed by atoms with E-state index in [1.165, 1.54) is 0 Å². The molecule has 0 radical (unpaired) electrons. The Hall–Kier alpha value is -3.60. The number of hydrogen-bond acceptors (Lipinski definition) is 3. The van der Waals surface area contributed by atoms with Crippen molar-refractivity contribution in [3.8, 4) is 0 Å². The first-order chi connectivity index (χ1) is 14.9. The number of fused-ring (bicyclic) bond motifs is 2. The van der Waals surface area contributed by atoms with E-state index in [9.17, 15) is 9.59 Å². The molecule has 2 N–H and O–H groups in total. The van der Waals surface area contributed by atoms with E-state index in [1.807, 2.05) is 42.5 Å². The van der Waals surface area contributed by atoms with Crippen molar-refractivity contribution >= 4 is 33.6 Å². The number of rotatable bonds is 6. The molecule has 3 aromatic carbocycles. The summed E-state index contributed by atoms with van der Waals surface area (Å²) in [5, 5.41) is 3.18. The minimum atomic E-state index is -1.11. The molecule has 1 heterocycles. The first-order valence-electron chi connectivity index (χ1n) is 10.4. The topological polar surface area (TPSA) is 74.3 Å². The molecule has 0 saturated carbocycles. The van der Waals surface area contributed by atoms with Gasteiger partial charge in [-0.3, -0.25) is 4.79 Å². The highest BCUT2D eigenvalue weighted by molar-refractivity contribution is 6.01. The quantitative estimate of drug-likeness (QED) is 0.461. The number of amides is 1. The number of carbonyl (C=O) groups excluding carboxylic acids is 2. The number of hydrogen-bond donors (Lipinski definition) is 1. The van der Waals surface area contributed by atoms with Gasteiger partial charge in [0.1, 0.15) is 11.2 Å². The highest BCUT2D eigenvalue weighted by atomic mass is 16.5. The first kappa shape index (κ1) is 20.7. The molecule has 0 saturated heterocycles. The van der Waals surface area contributed by atoms with Crippen LogP contribution in [0.2, 0.25) is 0 Å². The van der Waals surface area contributed by atoms with Gasteiger partial charge in [0.15, 0.2) is 0 Å². The fraction of sp³-hybridized carbons (Fsp3) is 0.231. The van der Waals surface area contributed by atoms with Gasteiger partial charge in [0.2, 0.25) is 5.91 Å². The first-order valence-corrected chi connectivity index (χ1v) is 10.4. The summed E-state index contributed by atoms with van der Waals surface area (Å²) in [7, 11) is 0. The van der Waals surface area contributed by atoms with Gasteiger partial charge < -0.3 is 15.0 Å². The predicted molar refractivity (Wildman–Crippen MR) is 123 cm³/mol. The van der Waals surface area contributed by atoms with Crippen LogP contribution in [0.5, 0.6) is 0 Å². The van der Waals surface area contributed by atoms with Crippen LogP contribution in [0.15, 0.2) is 66.7 Å². The van der Waals surface area contributed by atoms with Gasteiger partial charge in [-0.25, -0.2) is 4.79 Å². The molecule has 5 nitrogen and oxygen atoms in total. The van der Waals surface area contributed by atoms with Gasteiger partial charge in [-0.2, -0.15) is 0 Å². The predicted octanol–water partition coefficient (Wildman–Crippen LogP) is 4.78. The molecule has 5 heteroatoms. The van der Waals surface area contributed by atoms with Crippen molar-refractivity contribution in [1.29, 1.82) is 0 Å². The molecule has 0 fully saturated rings. The summed E-state index contributed by atoms with van der Waals surface area (Å²) in [5.41, 5.74) is 7.74. The Morgan fingerprint density at radius 3 is 2.29 bits per heavy atom. The van der Waals surface area contributed by atoms with Gasteiger partial charge in [-0.15, -0.1) is 0 Å². The Kier molecular flexibility index (Phi) is 5.27. The summed E-state index contributed by atoms with van der Waals surface area (Å²) in [6, 6.07) is 22.1. The van der Waals surface area contributed by atoms with Crippen LogP contribution < -0.4 is 5.73 Å². The second kappa shape index (κ2) is 7.91. The van der Waals surface area contributed by atoms with Crippen LogP contribution in [0.3, 0.4) is 0 Å². The van der Waals surface area contributed by atoms with Crippen molar-refractivity contribution in [3.05, 3.63) is 83.6 Å². The van der Waals surface area contributed by atoms with E-state index in [0.29, 0.717) is 12.1 Å². The number of nitrogens with zero attached hydrogens (tertiary/aromatic N) is 1. The second-order valence-electron chi connectivity index (χ2n) is 8.14. The number of esters is 1. The van der Waals surface area contributed by atoms with E-state index in [0.717, 1.165) is 32.8 Å². The molecule has 31 heavy (non-hydrogen) atoms. The summed E-state index contributed by atoms with van der Waals surface area (Å²) in [5.74, 6) is -0.973. The third kappa shape index (κ3) is 3.46. The molecule has 0 bridgehead atoms. The van der Waals surface area contributed by atoms with Gasteiger partial charge in [0, 0.05) is 11.8 Å². The molecule has 0 spiro atoms. The number of aromatic nitrogens is 1. The molecule has 0 aliphatic carbocycles. The lowest BCUT2D eigenvalue weighted by molar-refractivity contribution is -0.124. The van der Waals surface area contributed by atoms with E-state index < -0.39 is 17.4 Å². The van der Waals surface area contributed by atoms with E-state index in [2.05, 4.69) is 24.3 Å². The van der Waals surface area contributed by atoms with E-state index in [4.69, 9.17) is 10.5 Å². The standard InChI is InChI=1S/C26H26N2O3/c1-4-31-24(29)23-21(16-18-12-9-11-17-10-5-6-13-19(17)18)20-14-7-8-15-22(20)28(23)26(2,3)25(27)30/h5-15H,4,16H2,1-3H3,(H2,27,30). The largest absolute Gasteiger partial charge is 0.461 e. The second-order valence-corrected chi connectivity index (χ2v) is 8.14. The minimum Gasteiger partial charge on any atom is -0.461 e. The molecule has 4 rings (SSSR count). The van der Waals surface area contributed by atoms with E-state index in [1.54, 1.807) is 25.3 Å². The zero-order valence-corrected chi connectivity index (χ0v) is 18.0. The van der Waals surface area contributed by atoms with E-state index in [-0.39, 0.29) is 6.61 Å². The monoisotopic (exact) mass is 414 g/mol. The molecule has 0 aliphatic heterocycles. The molecule has 158 valence electrons. The summed E-state index contributed by atoms with van der Waals surface area (Å²) in [6.45, 7) is 5.47. The number of carbonyl (C=O) groups is 2. The number of nitrogens with two attached hydrogens (primary N) is 1. The smallest absolute Gasteiger partial charge is 0.355 e. The number of benzene rings is 3. The van der Waals surface area contributed by atoms with Crippen LogP contribution in [0, 0.1) is 0 Å². The molecule has 1 aromatic heterocycles. The van der Waals surface area contributed by atoms with Crippen LogP contribution in [0.25, 0.3) is 21.7 Å². The van der Waals surface area contributed by atoms with Gasteiger partial charge in [0.05, 0.1) is 12.1 Å². The van der Waals surface area contributed by atoms with Crippen molar-refractivity contribution in [1.82, 2.24) is 4.57 Å². The summed E-state index contributed by atoms with van der Waals surface area (Å²) >= 11 is 0. The SMILES string of the molecule is CCOC(=O)c1c(Cc2cccc3ccccc23)c2ccccc2n1C(C)(C)C(N)=O. The summed E-state index contributed by atoms with van der Waals surface area (Å²) in [4.78, 5) is 25.6. The van der Waals surface area contributed by atoms with Gasteiger partial charge >= 0.3 is 5.97 Å². The Bertz CT molecular complexity index is 1300. The molecule has 1 amide bonds. The lowest BCUT2D eigenvalue weighted by Gasteiger charge is -2.26. The van der Waals surface area contributed by atoms with Crippen molar-refractivity contribution in [2.75, 3.05) is 6.61 Å². The van der Waals surface area contributed by atoms with Crippen LogP contribution in [0.1, 0.15) is 42.4 Å². The molecule has 0 aliphatic rings. The summed E-state index contributed by atoms with van der Waals surface area (Å²) < 4.78 is 7.17. The summed E-state index contributed by atoms with van der Waals surface area (Å²) in [6.07, 6.45) is 0.526. The minimum absolute atomic E-state index is 0.241. The van der Waals surface area contributed by atoms with Crippen LogP contribution in [0.4, 0.5) is 0 Å². The molecule has 0 atom stereocenters. The van der Waals surface area contributed by atoms with E-state index >= 15 is 0 Å². The third-order valence-electron chi connectivity index (χ3n) is 5.86. The normalized spacial score (nSPS) is 11.7. The maximum Gasteiger partial charge on any atom is 0.355 e. The lowest BCUT2D eigenvalue weighted by atomic mass is 9.96. The van der Waals surface area contributed by atoms with Crippen molar-refractivity contribution in [2.45, 2.75) is 32.7 Å². The number of primary amides is 1. The molecular formula is C26H26N2O3. The zero-order chi connectivity index (χ0) is 22.2. The Labute approximate surface area is 181 Å². The Balaban J connectivity index is 2.03. The maximum atomic E-state index is 13.2. The maximum absolute atomic E-state index is 13.2. The highest BCUT2D eigenvalue weighted by Crippen LogP contribution is 2.35. The van der Waals surface area contributed by atoms with Gasteiger partial charge in [-0.05, 0) is 48.7 Å². The molecule has 4 aromatic rings. The highest BCUT2D eigenvalue weighted by Gasteiger charge is 2.35. The van der Waals surface area contributed by atoms with Crippen LogP contribution >= 0.6 is 0 Å². The molecule has 0 unspecified atom stereocenters. The van der Waals surface area contributed by atoms with Crippen LogP contribution in [-0.4, -0.2) is 23.1 Å². The Morgan fingerprint density at radius 2 is 1.58 bits per heavy atom. The van der Waals surface area contributed by atoms with Gasteiger partial charge in [-0.1, -0.05) is 60.7 Å². The number of para-hydroxylation sites is 1. The zero-order valence-electron chi connectivity index (χ0n) is 18.0. The fourth-order valence-corrected chi connectivity index (χ4v) is 4.23. The lowest BCUT2D eigenvalue weighted by Crippen LogP contribution is -2.42. The average molecular weight is 415 g/mol. The number of ether oxygens (including phenoxy) is 1. The third-order valence-corrected chi connectivity index (χ3v) is 5.86. The van der Waals surface area contributed by atoms with Gasteiger partial charge in [0.25, 0.3) is 0 Å². The van der Waals surface area contributed by atoms with Crippen molar-refractivity contribution in [3.63, 3.8) is 0 Å². The molecular weight excluding hydrogens is 388 g/mol. The van der Waals surface area contributed by atoms with Crippen molar-refractivity contribution < 1.29 is 14.3 Å². The fourth-order valence-electron chi connectivity index (χ4n) is 4.23. The Morgan fingerprint density at radius 1 is 0.935 bits per heavy atom. The van der Waals surface area contributed by atoms with Crippen molar-refractivity contribution in [2.24, 2.45) is 5.73 Å². The average Bonchev–Trinajstić information content (AvgIpc) is 3.09.